The number of aliphatic carboxylic acids is 1. The number of amides is 2. The molecule has 11 nitrogen and oxygen atoms in total. The molecular weight excluding hydrogens is 490 g/mol. The van der Waals surface area contributed by atoms with Gasteiger partial charge in [-0.25, -0.2) is 9.78 Å². The van der Waals surface area contributed by atoms with Crippen molar-refractivity contribution in [2.75, 3.05) is 31.8 Å². The standard InChI is InChI=1S/C19H21N5O6S3/c1-29-23-12(11-8-33-19(20)21-11)15(25)22-13-16(26)24-14(18(27)28)9(7-32-17(13)24)3-5-31-10-2-4-30-6-10/h3,5,8,10,13,17H,2,4,6-7H2,1H3,(H2,20,21)(H,22,25)(H,27,28)/b5-3+,23-12?/t10?,13-,17-/m1/s1. The molecule has 14 heteroatoms. The van der Waals surface area contributed by atoms with Crippen molar-refractivity contribution in [1.29, 1.82) is 0 Å². The number of hydrogen-bond acceptors (Lipinski definition) is 11. The average molecular weight is 512 g/mol. The molecule has 2 fully saturated rings. The number of carboxylic acids is 1. The van der Waals surface area contributed by atoms with Crippen LogP contribution in [-0.2, 0) is 24.0 Å². The van der Waals surface area contributed by atoms with E-state index >= 15 is 0 Å². The molecule has 1 aromatic rings. The Labute approximate surface area is 201 Å². The van der Waals surface area contributed by atoms with Crippen LogP contribution in [0.5, 0.6) is 0 Å². The molecule has 1 unspecified atom stereocenters. The Morgan fingerprint density at radius 2 is 2.33 bits per heavy atom. The minimum Gasteiger partial charge on any atom is -0.477 e. The third kappa shape index (κ3) is 4.88. The van der Waals surface area contributed by atoms with Crippen molar-refractivity contribution in [1.82, 2.24) is 15.2 Å². The molecule has 0 spiro atoms. The number of anilines is 1. The number of nitrogens with two attached hydrogens (primary N) is 1. The number of nitrogens with one attached hydrogen (secondary N) is 1. The summed E-state index contributed by atoms with van der Waals surface area (Å²) in [6.07, 6.45) is 2.69. The number of carbonyl (C=O) groups is 3. The van der Waals surface area contributed by atoms with E-state index < -0.39 is 29.2 Å². The van der Waals surface area contributed by atoms with E-state index in [1.807, 2.05) is 5.41 Å². The Kier molecular flexibility index (Phi) is 7.26. The number of rotatable bonds is 8. The van der Waals surface area contributed by atoms with Gasteiger partial charge >= 0.3 is 5.97 Å². The number of thioether (sulfide) groups is 2. The van der Waals surface area contributed by atoms with E-state index in [1.54, 1.807) is 23.2 Å². The van der Waals surface area contributed by atoms with E-state index in [-0.39, 0.29) is 22.2 Å². The molecule has 2 saturated heterocycles. The van der Waals surface area contributed by atoms with Crippen LogP contribution in [0.4, 0.5) is 5.13 Å². The van der Waals surface area contributed by atoms with Gasteiger partial charge in [0.1, 0.15) is 29.9 Å². The second kappa shape index (κ2) is 10.2. The number of carboxylic acid groups (broad SMARTS) is 1. The molecule has 3 aliphatic heterocycles. The fourth-order valence-corrected chi connectivity index (χ4v) is 6.26. The van der Waals surface area contributed by atoms with Crippen molar-refractivity contribution in [2.24, 2.45) is 5.16 Å². The monoisotopic (exact) mass is 511 g/mol. The molecule has 3 aliphatic rings. The van der Waals surface area contributed by atoms with E-state index in [2.05, 4.69) is 15.5 Å². The lowest BCUT2D eigenvalue weighted by Gasteiger charge is -2.49. The molecule has 33 heavy (non-hydrogen) atoms. The van der Waals surface area contributed by atoms with Crippen molar-refractivity contribution in [2.45, 2.75) is 23.1 Å². The van der Waals surface area contributed by atoms with E-state index in [4.69, 9.17) is 15.3 Å². The van der Waals surface area contributed by atoms with Gasteiger partial charge in [0.25, 0.3) is 11.8 Å². The van der Waals surface area contributed by atoms with Crippen LogP contribution < -0.4 is 11.1 Å². The van der Waals surface area contributed by atoms with Crippen LogP contribution in [0, 0.1) is 0 Å². The predicted octanol–water partition coefficient (Wildman–Crippen LogP) is 0.850. The zero-order valence-electron chi connectivity index (χ0n) is 17.4. The van der Waals surface area contributed by atoms with Crippen LogP contribution in [0.15, 0.2) is 33.3 Å². The largest absolute Gasteiger partial charge is 0.477 e. The molecule has 4 heterocycles. The first-order chi connectivity index (χ1) is 15.9. The zero-order valence-corrected chi connectivity index (χ0v) is 19.9. The maximum Gasteiger partial charge on any atom is 0.352 e. The van der Waals surface area contributed by atoms with Gasteiger partial charge in [0.05, 0.1) is 6.61 Å². The third-order valence-corrected chi connectivity index (χ3v) is 8.10. The maximum absolute atomic E-state index is 12.8. The fourth-order valence-electron chi connectivity index (χ4n) is 3.53. The Morgan fingerprint density at radius 1 is 1.52 bits per heavy atom. The summed E-state index contributed by atoms with van der Waals surface area (Å²) in [5, 5.41) is 19.6. The number of aromatic nitrogens is 1. The van der Waals surface area contributed by atoms with E-state index in [9.17, 15) is 19.5 Å². The van der Waals surface area contributed by atoms with Gasteiger partial charge in [-0.1, -0.05) is 5.16 Å². The van der Waals surface area contributed by atoms with E-state index in [0.717, 1.165) is 24.4 Å². The minimum absolute atomic E-state index is 0.0631. The normalized spacial score (nSPS) is 25.2. The Bertz CT molecular complexity index is 1050. The molecule has 0 saturated carbocycles. The lowest BCUT2D eigenvalue weighted by molar-refractivity contribution is -0.150. The summed E-state index contributed by atoms with van der Waals surface area (Å²) in [6.45, 7) is 1.40. The topological polar surface area (TPSA) is 156 Å². The van der Waals surface area contributed by atoms with Crippen LogP contribution in [0.2, 0.25) is 0 Å². The van der Waals surface area contributed by atoms with Crippen molar-refractivity contribution in [3.05, 3.63) is 33.8 Å². The van der Waals surface area contributed by atoms with Gasteiger partial charge < -0.3 is 25.7 Å². The van der Waals surface area contributed by atoms with Gasteiger partial charge in [-0.05, 0) is 23.5 Å². The second-order valence-corrected chi connectivity index (χ2v) is 10.4. The summed E-state index contributed by atoms with van der Waals surface area (Å²) in [5.74, 6) is -1.97. The molecule has 4 rings (SSSR count). The highest BCUT2D eigenvalue weighted by Crippen LogP contribution is 2.41. The zero-order chi connectivity index (χ0) is 23.5. The summed E-state index contributed by atoms with van der Waals surface area (Å²) in [6, 6.07) is -0.898. The molecule has 0 aliphatic carbocycles. The van der Waals surface area contributed by atoms with Crippen LogP contribution >= 0.6 is 34.9 Å². The third-order valence-electron chi connectivity index (χ3n) is 5.08. The number of carbonyl (C=O) groups excluding carboxylic acids is 2. The van der Waals surface area contributed by atoms with Gasteiger partial charge in [0.15, 0.2) is 10.8 Å². The van der Waals surface area contributed by atoms with Crippen LogP contribution in [0.25, 0.3) is 0 Å². The smallest absolute Gasteiger partial charge is 0.352 e. The molecule has 0 radical (unpaired) electrons. The molecule has 176 valence electrons. The number of fused-ring (bicyclic) bond motifs is 1. The lowest BCUT2D eigenvalue weighted by atomic mass is 10.0. The first-order valence-corrected chi connectivity index (χ1v) is 12.7. The van der Waals surface area contributed by atoms with Gasteiger partial charge in [0, 0.05) is 23.0 Å². The summed E-state index contributed by atoms with van der Waals surface area (Å²) in [5.41, 5.74) is 6.22. The van der Waals surface area contributed by atoms with Gasteiger partial charge in [-0.3, -0.25) is 14.5 Å². The van der Waals surface area contributed by atoms with Gasteiger partial charge in [-0.2, -0.15) is 0 Å². The highest BCUT2D eigenvalue weighted by atomic mass is 32.2. The Balaban J connectivity index is 1.47. The number of β-lactam (4-membered cyclic amide) rings is 1. The summed E-state index contributed by atoms with van der Waals surface area (Å²) >= 11 is 4.11. The predicted molar refractivity (Wildman–Crippen MR) is 126 cm³/mol. The van der Waals surface area contributed by atoms with Crippen LogP contribution in [-0.4, -0.2) is 81.2 Å². The van der Waals surface area contributed by atoms with Crippen molar-refractivity contribution < 1.29 is 29.1 Å². The maximum atomic E-state index is 12.8. The molecule has 1 aromatic heterocycles. The van der Waals surface area contributed by atoms with Crippen molar-refractivity contribution >= 4 is 63.5 Å². The Hall–Kier alpha value is -2.55. The van der Waals surface area contributed by atoms with Crippen LogP contribution in [0.1, 0.15) is 12.1 Å². The van der Waals surface area contributed by atoms with Crippen molar-refractivity contribution in [3.63, 3.8) is 0 Å². The number of nitrogens with zero attached hydrogens (tertiary/aromatic N) is 3. The molecule has 0 aromatic carbocycles. The summed E-state index contributed by atoms with van der Waals surface area (Å²) in [7, 11) is 1.28. The fraction of sp³-hybridized carbons (Fsp3) is 0.421. The number of nitrogen functional groups attached to an aromatic ring is 1. The SMILES string of the molecule is CON=C(C(=O)N[C@@H]1C(=O)N2C(C(=O)O)=C(/C=C/SC3CCOC3)CS[C@H]12)c1csc(N)n1. The average Bonchev–Trinajstić information content (AvgIpc) is 3.46. The minimum atomic E-state index is -1.19. The van der Waals surface area contributed by atoms with E-state index in [0.29, 0.717) is 23.2 Å². The number of thiazole rings is 1. The quantitative estimate of drug-likeness (QED) is 0.260. The number of ether oxygens (including phenoxy) is 1. The summed E-state index contributed by atoms with van der Waals surface area (Å²) < 4.78 is 5.34. The molecule has 0 bridgehead atoms. The second-order valence-electron chi connectivity index (χ2n) is 7.16. The van der Waals surface area contributed by atoms with Gasteiger partial charge in [0.2, 0.25) is 0 Å². The first kappa shape index (κ1) is 23.6. The van der Waals surface area contributed by atoms with Crippen molar-refractivity contribution in [3.8, 4) is 0 Å². The number of allylic oxidation sites excluding steroid dienone is 1. The molecule has 2 amide bonds. The molecule has 3 atom stereocenters. The van der Waals surface area contributed by atoms with E-state index in [1.165, 1.54) is 23.8 Å². The number of hydrogen-bond donors (Lipinski definition) is 3. The molecular formula is C19H21N5O6S3. The first-order valence-electron chi connectivity index (χ1n) is 9.85. The van der Waals surface area contributed by atoms with Gasteiger partial charge in [-0.15, -0.1) is 34.9 Å². The van der Waals surface area contributed by atoms with Crippen LogP contribution in [0.3, 0.4) is 0 Å². The number of oxime groups is 1. The highest BCUT2D eigenvalue weighted by molar-refractivity contribution is 8.02. The lowest BCUT2D eigenvalue weighted by Crippen LogP contribution is -2.71. The summed E-state index contributed by atoms with van der Waals surface area (Å²) in [4.78, 5) is 47.6. The Morgan fingerprint density at radius 3 is 2.97 bits per heavy atom. The molecule has 4 N–H and O–H groups in total. The highest BCUT2D eigenvalue weighted by Gasteiger charge is 2.54.